The fourth-order valence-corrected chi connectivity index (χ4v) is 2.44. The molecule has 0 N–H and O–H groups in total. The monoisotopic (exact) mass is 462 g/mol. The van der Waals surface area contributed by atoms with Gasteiger partial charge in [-0.15, -0.1) is 0 Å². The van der Waals surface area contributed by atoms with Gasteiger partial charge in [0.2, 0.25) is 0 Å². The Kier molecular flexibility index (Phi) is 18.6. The highest BCUT2D eigenvalue weighted by atomic mass is 17.2. The van der Waals surface area contributed by atoms with Crippen molar-refractivity contribution in [3.63, 3.8) is 0 Å². The lowest BCUT2D eigenvalue weighted by atomic mass is 10.00. The van der Waals surface area contributed by atoms with Gasteiger partial charge in [-0.3, -0.25) is 9.78 Å². The molecular formula is C25H50O7. The Morgan fingerprint density at radius 1 is 0.719 bits per heavy atom. The van der Waals surface area contributed by atoms with E-state index >= 15 is 0 Å². The van der Waals surface area contributed by atoms with Crippen molar-refractivity contribution in [2.45, 2.75) is 132 Å². The number of hydrogen-bond donors (Lipinski definition) is 0. The van der Waals surface area contributed by atoms with Crippen molar-refractivity contribution in [1.82, 2.24) is 0 Å². The highest BCUT2D eigenvalue weighted by Gasteiger charge is 2.22. The molecule has 2 atom stereocenters. The summed E-state index contributed by atoms with van der Waals surface area (Å²) in [7, 11) is 0. The normalized spacial score (nSPS) is 13.4. The molecule has 0 aliphatic heterocycles. The standard InChI is InChI=1S/C13H26O4.C12H24O3/c1-6-8-9-11(7-2)10-15-12(14)16-17-13(3,4)5;1-6-8-9-10(7-2)11(13)14-15-12(3,4)5/h11H,6-10H2,1-5H3;10H,6-9H2,1-5H3. The molecule has 0 aliphatic rings. The topological polar surface area (TPSA) is 80.3 Å². The fourth-order valence-electron chi connectivity index (χ4n) is 2.44. The summed E-state index contributed by atoms with van der Waals surface area (Å²) in [6.07, 6.45) is 7.52. The van der Waals surface area contributed by atoms with Gasteiger partial charge >= 0.3 is 12.1 Å². The minimum absolute atomic E-state index is 0.0210. The van der Waals surface area contributed by atoms with Gasteiger partial charge in [-0.05, 0) is 66.7 Å². The van der Waals surface area contributed by atoms with Crippen LogP contribution in [0, 0.1) is 11.8 Å². The molecule has 0 rings (SSSR count). The van der Waals surface area contributed by atoms with Gasteiger partial charge in [0.05, 0.1) is 12.5 Å². The summed E-state index contributed by atoms with van der Waals surface area (Å²) in [4.78, 5) is 42.0. The van der Waals surface area contributed by atoms with Crippen molar-refractivity contribution in [2.24, 2.45) is 11.8 Å². The van der Waals surface area contributed by atoms with Crippen molar-refractivity contribution in [1.29, 1.82) is 0 Å². The van der Waals surface area contributed by atoms with Crippen molar-refractivity contribution < 1.29 is 33.9 Å². The van der Waals surface area contributed by atoms with E-state index in [0.29, 0.717) is 12.5 Å². The maximum absolute atomic E-state index is 11.6. The second-order valence-electron chi connectivity index (χ2n) is 10.1. The molecule has 0 bridgehead atoms. The molecular weight excluding hydrogens is 412 g/mol. The van der Waals surface area contributed by atoms with E-state index in [1.807, 2.05) is 27.7 Å². The van der Waals surface area contributed by atoms with Gasteiger partial charge < -0.3 is 4.74 Å². The molecule has 192 valence electrons. The van der Waals surface area contributed by atoms with Crippen LogP contribution in [0.2, 0.25) is 0 Å². The zero-order chi connectivity index (χ0) is 25.2. The average Bonchev–Trinajstić information content (AvgIpc) is 2.71. The van der Waals surface area contributed by atoms with Gasteiger partial charge in [0.25, 0.3) is 0 Å². The largest absolute Gasteiger partial charge is 0.540 e. The van der Waals surface area contributed by atoms with Crippen LogP contribution in [0.25, 0.3) is 0 Å². The number of hydrogen-bond acceptors (Lipinski definition) is 7. The highest BCUT2D eigenvalue weighted by Crippen LogP contribution is 2.17. The first-order chi connectivity index (χ1) is 14.8. The van der Waals surface area contributed by atoms with E-state index in [9.17, 15) is 9.59 Å². The van der Waals surface area contributed by atoms with Crippen LogP contribution in [-0.4, -0.2) is 29.9 Å². The van der Waals surface area contributed by atoms with Gasteiger partial charge in [-0.25, -0.2) is 9.59 Å². The lowest BCUT2D eigenvalue weighted by molar-refractivity contribution is -0.323. The van der Waals surface area contributed by atoms with Gasteiger partial charge in [-0.1, -0.05) is 59.8 Å². The summed E-state index contributed by atoms with van der Waals surface area (Å²) >= 11 is 0. The molecule has 0 aromatic carbocycles. The minimum atomic E-state index is -0.755. The maximum Gasteiger partial charge on any atom is 0.540 e. The predicted octanol–water partition coefficient (Wildman–Crippen LogP) is 7.56. The lowest BCUT2D eigenvalue weighted by Crippen LogP contribution is -2.25. The summed E-state index contributed by atoms with van der Waals surface area (Å²) in [6.45, 7) is 19.7. The van der Waals surface area contributed by atoms with Crippen LogP contribution in [0.5, 0.6) is 0 Å². The summed E-state index contributed by atoms with van der Waals surface area (Å²) in [6, 6.07) is 0. The van der Waals surface area contributed by atoms with Crippen LogP contribution in [-0.2, 0) is 29.1 Å². The Labute approximate surface area is 196 Å². The van der Waals surface area contributed by atoms with Crippen LogP contribution in [0.15, 0.2) is 0 Å². The second kappa shape index (κ2) is 18.1. The number of rotatable bonds is 13. The van der Waals surface area contributed by atoms with Gasteiger partial charge in [0.15, 0.2) is 0 Å². The maximum atomic E-state index is 11.6. The molecule has 2 unspecified atom stereocenters. The van der Waals surface area contributed by atoms with Crippen LogP contribution < -0.4 is 0 Å². The first-order valence-corrected chi connectivity index (χ1v) is 12.2. The van der Waals surface area contributed by atoms with Crippen LogP contribution in [0.3, 0.4) is 0 Å². The van der Waals surface area contributed by atoms with E-state index in [2.05, 4.69) is 25.7 Å². The molecule has 32 heavy (non-hydrogen) atoms. The molecule has 7 nitrogen and oxygen atoms in total. The molecule has 0 aromatic heterocycles. The summed E-state index contributed by atoms with van der Waals surface area (Å²) in [5.74, 6) is 0.158. The van der Waals surface area contributed by atoms with E-state index in [4.69, 9.17) is 19.4 Å². The van der Waals surface area contributed by atoms with E-state index in [1.165, 1.54) is 0 Å². The summed E-state index contributed by atoms with van der Waals surface area (Å²) in [5, 5.41) is 0. The van der Waals surface area contributed by atoms with Crippen molar-refractivity contribution >= 4 is 12.1 Å². The van der Waals surface area contributed by atoms with E-state index < -0.39 is 17.4 Å². The van der Waals surface area contributed by atoms with Gasteiger partial charge in [0, 0.05) is 0 Å². The third-order valence-corrected chi connectivity index (χ3v) is 4.45. The second-order valence-corrected chi connectivity index (χ2v) is 10.1. The lowest BCUT2D eigenvalue weighted by Gasteiger charge is -2.19. The number of ether oxygens (including phenoxy) is 1. The van der Waals surface area contributed by atoms with Crippen molar-refractivity contribution in [3.8, 4) is 0 Å². The summed E-state index contributed by atoms with van der Waals surface area (Å²) < 4.78 is 5.00. The van der Waals surface area contributed by atoms with Crippen molar-refractivity contribution in [2.75, 3.05) is 6.61 Å². The Morgan fingerprint density at radius 3 is 1.66 bits per heavy atom. The smallest absolute Gasteiger partial charge is 0.432 e. The Hall–Kier alpha value is -1.34. The molecule has 0 aliphatic carbocycles. The third kappa shape index (κ3) is 21.9. The molecule has 0 spiro atoms. The predicted molar refractivity (Wildman–Crippen MR) is 127 cm³/mol. The molecule has 0 saturated carbocycles. The first-order valence-electron chi connectivity index (χ1n) is 12.2. The van der Waals surface area contributed by atoms with E-state index in [1.54, 1.807) is 20.8 Å². The fraction of sp³-hybridized carbons (Fsp3) is 0.920. The third-order valence-electron chi connectivity index (χ3n) is 4.45. The van der Waals surface area contributed by atoms with Crippen LogP contribution in [0.4, 0.5) is 4.79 Å². The molecule has 7 heteroatoms. The molecule has 0 amide bonds. The number of carbonyl (C=O) groups is 2. The van der Waals surface area contributed by atoms with Crippen molar-refractivity contribution in [3.05, 3.63) is 0 Å². The average molecular weight is 463 g/mol. The van der Waals surface area contributed by atoms with Gasteiger partial charge in [-0.2, -0.15) is 9.78 Å². The molecule has 0 saturated heterocycles. The number of carbonyl (C=O) groups excluding carboxylic acids is 2. The quantitative estimate of drug-likeness (QED) is 0.159. The zero-order valence-electron chi connectivity index (χ0n) is 22.4. The Balaban J connectivity index is 0. The van der Waals surface area contributed by atoms with Crippen LogP contribution in [0.1, 0.15) is 121 Å². The summed E-state index contributed by atoms with van der Waals surface area (Å²) in [5.41, 5.74) is -0.940. The zero-order valence-corrected chi connectivity index (χ0v) is 22.4. The number of unbranched alkanes of at least 4 members (excludes halogenated alkanes) is 2. The molecule has 0 fully saturated rings. The van der Waals surface area contributed by atoms with E-state index in [0.717, 1.165) is 51.4 Å². The minimum Gasteiger partial charge on any atom is -0.432 e. The van der Waals surface area contributed by atoms with E-state index in [-0.39, 0.29) is 11.9 Å². The van der Waals surface area contributed by atoms with Crippen LogP contribution >= 0.6 is 0 Å². The Bertz CT molecular complexity index is 478. The Morgan fingerprint density at radius 2 is 1.22 bits per heavy atom. The highest BCUT2D eigenvalue weighted by molar-refractivity contribution is 5.71. The first kappa shape index (κ1) is 32.8. The molecule has 0 aromatic rings. The van der Waals surface area contributed by atoms with Gasteiger partial charge in [0.1, 0.15) is 11.2 Å². The molecule has 0 radical (unpaired) electrons. The molecule has 0 heterocycles. The SMILES string of the molecule is CCCCC(CC)C(=O)OOC(C)(C)C.CCCCC(CC)COC(=O)OOC(C)(C)C.